The lowest BCUT2D eigenvalue weighted by Gasteiger charge is -2.37. The molecule has 5 heteroatoms. The Kier molecular flexibility index (Phi) is 5.79. The Balaban J connectivity index is 1.14. The third kappa shape index (κ3) is 3.78. The quantitative estimate of drug-likeness (QED) is 0.397. The Bertz CT molecular complexity index is 1270. The van der Waals surface area contributed by atoms with Crippen LogP contribution >= 0.6 is 0 Å². The maximum absolute atomic E-state index is 13.3. The van der Waals surface area contributed by atoms with E-state index in [4.69, 9.17) is 9.47 Å². The van der Waals surface area contributed by atoms with Gasteiger partial charge in [-0.15, -0.1) is 0 Å². The minimum Gasteiger partial charge on any atom is -0.496 e. The zero-order valence-electron chi connectivity index (χ0n) is 20.8. The van der Waals surface area contributed by atoms with Gasteiger partial charge in [-0.05, 0) is 78.6 Å². The number of amides is 1. The van der Waals surface area contributed by atoms with E-state index in [1.165, 1.54) is 22.3 Å². The molecule has 3 aromatic rings. The van der Waals surface area contributed by atoms with E-state index in [1.54, 1.807) is 7.11 Å². The molecule has 2 atom stereocenters. The zero-order valence-corrected chi connectivity index (χ0v) is 20.8. The second kappa shape index (κ2) is 9.12. The summed E-state index contributed by atoms with van der Waals surface area (Å²) in [4.78, 5) is 28.5. The SMILES string of the molecule is COc1ccc(C(=O)C2CC3CCC(C2)N3C(=O)OCC2c3ccccc3-c3ccccc32)cc1C. The van der Waals surface area contributed by atoms with Crippen LogP contribution in [0.3, 0.4) is 0 Å². The number of nitrogens with zero attached hydrogens (tertiary/aromatic N) is 1. The van der Waals surface area contributed by atoms with E-state index in [9.17, 15) is 9.59 Å². The van der Waals surface area contributed by atoms with E-state index in [2.05, 4.69) is 36.4 Å². The van der Waals surface area contributed by atoms with Crippen molar-refractivity contribution in [2.24, 2.45) is 5.92 Å². The summed E-state index contributed by atoms with van der Waals surface area (Å²) in [5.74, 6) is 0.950. The first kappa shape index (κ1) is 22.8. The first-order chi connectivity index (χ1) is 17.5. The lowest BCUT2D eigenvalue weighted by Crippen LogP contribution is -2.48. The molecule has 3 aromatic carbocycles. The predicted octanol–water partition coefficient (Wildman–Crippen LogP) is 6.38. The number of rotatable bonds is 5. The highest BCUT2D eigenvalue weighted by molar-refractivity contribution is 5.98. The molecule has 2 heterocycles. The van der Waals surface area contributed by atoms with Crippen LogP contribution in [-0.4, -0.2) is 42.6 Å². The van der Waals surface area contributed by atoms with Crippen LogP contribution in [-0.2, 0) is 4.74 Å². The molecule has 2 fully saturated rings. The van der Waals surface area contributed by atoms with Crippen molar-refractivity contribution in [3.63, 3.8) is 0 Å². The van der Waals surface area contributed by atoms with Crippen LogP contribution in [0, 0.1) is 12.8 Å². The van der Waals surface area contributed by atoms with Gasteiger partial charge in [-0.25, -0.2) is 4.79 Å². The van der Waals surface area contributed by atoms with Crippen molar-refractivity contribution in [3.05, 3.63) is 89.0 Å². The Labute approximate surface area is 212 Å². The van der Waals surface area contributed by atoms with Crippen molar-refractivity contribution in [2.45, 2.75) is 50.6 Å². The minimum absolute atomic E-state index is 0.0523. The molecule has 36 heavy (non-hydrogen) atoms. The molecule has 0 saturated carbocycles. The summed E-state index contributed by atoms with van der Waals surface area (Å²) < 4.78 is 11.3. The number of benzene rings is 3. The van der Waals surface area contributed by atoms with Crippen LogP contribution in [0.25, 0.3) is 11.1 Å². The molecular weight excluding hydrogens is 450 g/mol. The van der Waals surface area contributed by atoms with Crippen LogP contribution in [0.5, 0.6) is 5.75 Å². The van der Waals surface area contributed by atoms with Gasteiger partial charge in [0.15, 0.2) is 5.78 Å². The Hall–Kier alpha value is -3.60. The molecule has 1 aliphatic carbocycles. The number of fused-ring (bicyclic) bond motifs is 5. The molecule has 0 spiro atoms. The van der Waals surface area contributed by atoms with Gasteiger partial charge in [0.05, 0.1) is 7.11 Å². The van der Waals surface area contributed by atoms with E-state index in [0.29, 0.717) is 19.4 Å². The van der Waals surface area contributed by atoms with Gasteiger partial charge in [-0.2, -0.15) is 0 Å². The van der Waals surface area contributed by atoms with E-state index < -0.39 is 0 Å². The first-order valence-corrected chi connectivity index (χ1v) is 12.9. The minimum atomic E-state index is -0.240. The van der Waals surface area contributed by atoms with Crippen molar-refractivity contribution in [3.8, 4) is 16.9 Å². The number of ether oxygens (including phenoxy) is 2. The third-order valence-electron chi connectivity index (χ3n) is 8.33. The van der Waals surface area contributed by atoms with Crippen molar-refractivity contribution in [1.29, 1.82) is 0 Å². The molecule has 2 saturated heterocycles. The fourth-order valence-electron chi connectivity index (χ4n) is 6.63. The number of aryl methyl sites for hydroxylation is 1. The van der Waals surface area contributed by atoms with Gasteiger partial charge >= 0.3 is 6.09 Å². The monoisotopic (exact) mass is 481 g/mol. The Morgan fingerprint density at radius 2 is 1.50 bits per heavy atom. The molecule has 6 rings (SSSR count). The number of hydrogen-bond acceptors (Lipinski definition) is 4. The standard InChI is InChI=1S/C31H31NO4/c1-19-15-20(11-14-29(19)35-2)30(33)21-16-22-12-13-23(17-21)32(22)31(34)36-18-28-26-9-5-3-7-24(26)25-8-4-6-10-27(25)28/h3-11,14-15,21-23,28H,12-13,16-18H2,1-2H3. The molecule has 3 aliphatic rings. The molecule has 0 radical (unpaired) electrons. The largest absolute Gasteiger partial charge is 0.496 e. The summed E-state index contributed by atoms with van der Waals surface area (Å²) in [7, 11) is 1.64. The highest BCUT2D eigenvalue weighted by Crippen LogP contribution is 2.45. The second-order valence-electron chi connectivity index (χ2n) is 10.3. The molecule has 0 N–H and O–H groups in total. The number of hydrogen-bond donors (Lipinski definition) is 0. The number of Topliss-reactive ketones (excluding diaryl/α,β-unsaturated/α-hetero) is 1. The molecular formula is C31H31NO4. The first-order valence-electron chi connectivity index (χ1n) is 12.9. The molecule has 5 nitrogen and oxygen atoms in total. The van der Waals surface area contributed by atoms with E-state index in [0.717, 1.165) is 29.7 Å². The molecule has 2 aliphatic heterocycles. The van der Waals surface area contributed by atoms with Gasteiger partial charge in [0.25, 0.3) is 0 Å². The van der Waals surface area contributed by atoms with Gasteiger partial charge in [0.1, 0.15) is 12.4 Å². The van der Waals surface area contributed by atoms with E-state index in [1.807, 2.05) is 42.2 Å². The van der Waals surface area contributed by atoms with Crippen molar-refractivity contribution in [1.82, 2.24) is 4.90 Å². The maximum atomic E-state index is 13.3. The Morgan fingerprint density at radius 3 is 2.08 bits per heavy atom. The molecule has 2 unspecified atom stereocenters. The van der Waals surface area contributed by atoms with Crippen LogP contribution < -0.4 is 4.74 Å². The summed E-state index contributed by atoms with van der Waals surface area (Å²) in [6.45, 7) is 2.29. The second-order valence-corrected chi connectivity index (χ2v) is 10.3. The smallest absolute Gasteiger partial charge is 0.410 e. The molecule has 1 amide bonds. The van der Waals surface area contributed by atoms with Gasteiger partial charge in [0.2, 0.25) is 0 Å². The molecule has 184 valence electrons. The number of piperidine rings is 1. The summed E-state index contributed by atoms with van der Waals surface area (Å²) in [6, 6.07) is 22.5. The highest BCUT2D eigenvalue weighted by Gasteiger charge is 2.46. The van der Waals surface area contributed by atoms with Crippen molar-refractivity contribution >= 4 is 11.9 Å². The number of methoxy groups -OCH3 is 1. The van der Waals surface area contributed by atoms with Gasteiger partial charge in [-0.3, -0.25) is 4.79 Å². The maximum Gasteiger partial charge on any atom is 0.410 e. The number of carbonyl (C=O) groups is 2. The average molecular weight is 482 g/mol. The number of carbonyl (C=O) groups excluding carboxylic acids is 2. The van der Waals surface area contributed by atoms with Crippen LogP contribution in [0.4, 0.5) is 4.79 Å². The molecule has 2 bridgehead atoms. The summed E-state index contributed by atoms with van der Waals surface area (Å²) >= 11 is 0. The lowest BCUT2D eigenvalue weighted by atomic mass is 9.84. The van der Waals surface area contributed by atoms with Gasteiger partial charge in [0, 0.05) is 29.5 Å². The Morgan fingerprint density at radius 1 is 0.889 bits per heavy atom. The third-order valence-corrected chi connectivity index (χ3v) is 8.33. The number of ketones is 1. The van der Waals surface area contributed by atoms with E-state index >= 15 is 0 Å². The van der Waals surface area contributed by atoms with Crippen molar-refractivity contribution < 1.29 is 19.1 Å². The van der Waals surface area contributed by atoms with Gasteiger partial charge < -0.3 is 14.4 Å². The predicted molar refractivity (Wildman–Crippen MR) is 139 cm³/mol. The van der Waals surface area contributed by atoms with Crippen LogP contribution in [0.2, 0.25) is 0 Å². The summed E-state index contributed by atoms with van der Waals surface area (Å²) in [5.41, 5.74) is 6.57. The zero-order chi connectivity index (χ0) is 24.8. The summed E-state index contributed by atoms with van der Waals surface area (Å²) in [6.07, 6.45) is 3.02. The highest BCUT2D eigenvalue weighted by atomic mass is 16.6. The topological polar surface area (TPSA) is 55.8 Å². The van der Waals surface area contributed by atoms with Crippen LogP contribution in [0.15, 0.2) is 66.7 Å². The normalized spacial score (nSPS) is 22.2. The lowest BCUT2D eigenvalue weighted by molar-refractivity contribution is 0.0506. The van der Waals surface area contributed by atoms with Crippen molar-refractivity contribution in [2.75, 3.05) is 13.7 Å². The summed E-state index contributed by atoms with van der Waals surface area (Å²) in [5, 5.41) is 0. The van der Waals surface area contributed by atoms with Crippen LogP contribution in [0.1, 0.15) is 58.6 Å². The average Bonchev–Trinajstić information content (AvgIpc) is 3.37. The van der Waals surface area contributed by atoms with E-state index in [-0.39, 0.29) is 35.8 Å². The van der Waals surface area contributed by atoms with Gasteiger partial charge in [-0.1, -0.05) is 48.5 Å². The fourth-order valence-corrected chi connectivity index (χ4v) is 6.63. The molecule has 0 aromatic heterocycles. The fraction of sp³-hybridized carbons (Fsp3) is 0.355.